The number of allylic oxidation sites excluding steroid dienone is 1. The number of nitrogens with one attached hydrogen (secondary N) is 1. The Balaban J connectivity index is 1.77. The molecule has 0 saturated carbocycles. The molecule has 30 heavy (non-hydrogen) atoms. The highest BCUT2D eigenvalue weighted by Gasteiger charge is 2.27. The van der Waals surface area contributed by atoms with Gasteiger partial charge in [0.2, 0.25) is 0 Å². The lowest BCUT2D eigenvalue weighted by atomic mass is 10.0. The molecule has 0 unspecified atom stereocenters. The van der Waals surface area contributed by atoms with E-state index in [1.165, 1.54) is 7.05 Å². The molecule has 6 nitrogen and oxygen atoms in total. The van der Waals surface area contributed by atoms with Crippen LogP contribution in [-0.4, -0.2) is 37.6 Å². The Labute approximate surface area is 174 Å². The Morgan fingerprint density at radius 1 is 1.10 bits per heavy atom. The lowest BCUT2D eigenvalue weighted by Gasteiger charge is -2.12. The Hall–Kier alpha value is -3.67. The van der Waals surface area contributed by atoms with E-state index in [1.807, 2.05) is 48.5 Å². The molecule has 0 saturated heterocycles. The smallest absolute Gasteiger partial charge is 0.339 e. The van der Waals surface area contributed by atoms with E-state index in [-0.39, 0.29) is 12.5 Å². The minimum Gasteiger partial charge on any atom is -0.497 e. The fraction of sp³-hybridized carbons (Fsp3) is 0.208. The number of carbonyl (C=O) groups excluding carboxylic acids is 2. The maximum Gasteiger partial charge on any atom is 0.339 e. The van der Waals surface area contributed by atoms with Crippen molar-refractivity contribution in [3.8, 4) is 5.75 Å². The lowest BCUT2D eigenvalue weighted by molar-refractivity contribution is -0.123. The molecule has 0 fully saturated rings. The van der Waals surface area contributed by atoms with Crippen LogP contribution in [0.4, 0.5) is 0 Å². The van der Waals surface area contributed by atoms with Crippen LogP contribution in [0.5, 0.6) is 5.75 Å². The first-order valence-electron chi connectivity index (χ1n) is 9.75. The highest BCUT2D eigenvalue weighted by Crippen LogP contribution is 2.37. The summed E-state index contributed by atoms with van der Waals surface area (Å²) in [4.78, 5) is 29.3. The summed E-state index contributed by atoms with van der Waals surface area (Å²) >= 11 is 0. The molecule has 0 atom stereocenters. The van der Waals surface area contributed by atoms with Crippen LogP contribution in [0, 0.1) is 0 Å². The summed E-state index contributed by atoms with van der Waals surface area (Å²) in [5.74, 6) is -0.0492. The van der Waals surface area contributed by atoms with E-state index in [0.29, 0.717) is 12.0 Å². The second kappa shape index (κ2) is 8.37. The maximum absolute atomic E-state index is 12.9. The van der Waals surface area contributed by atoms with E-state index < -0.39 is 5.97 Å². The van der Waals surface area contributed by atoms with Crippen molar-refractivity contribution in [2.45, 2.75) is 12.8 Å². The van der Waals surface area contributed by atoms with Gasteiger partial charge in [-0.25, -0.2) is 9.78 Å². The van der Waals surface area contributed by atoms with Crippen molar-refractivity contribution in [1.82, 2.24) is 10.3 Å². The van der Waals surface area contributed by atoms with Gasteiger partial charge in [0, 0.05) is 12.4 Å². The molecule has 1 aliphatic carbocycles. The lowest BCUT2D eigenvalue weighted by Crippen LogP contribution is -2.25. The predicted octanol–water partition coefficient (Wildman–Crippen LogP) is 3.63. The molecule has 0 radical (unpaired) electrons. The van der Waals surface area contributed by atoms with E-state index >= 15 is 0 Å². The van der Waals surface area contributed by atoms with Gasteiger partial charge in [0.1, 0.15) is 5.75 Å². The molecule has 1 heterocycles. The van der Waals surface area contributed by atoms with Crippen LogP contribution in [0.2, 0.25) is 0 Å². The molecular formula is C24H22N2O4. The predicted molar refractivity (Wildman–Crippen MR) is 115 cm³/mol. The van der Waals surface area contributed by atoms with Crippen molar-refractivity contribution in [2.75, 3.05) is 20.8 Å². The first kappa shape index (κ1) is 19.6. The summed E-state index contributed by atoms with van der Waals surface area (Å²) in [6.45, 7) is -0.310. The molecular weight excluding hydrogens is 380 g/mol. The third-order valence-corrected chi connectivity index (χ3v) is 5.22. The normalized spacial score (nSPS) is 13.9. The quantitative estimate of drug-likeness (QED) is 0.660. The van der Waals surface area contributed by atoms with Crippen LogP contribution >= 0.6 is 0 Å². The number of hydrogen-bond acceptors (Lipinski definition) is 5. The van der Waals surface area contributed by atoms with Gasteiger partial charge in [0.05, 0.1) is 23.9 Å². The Morgan fingerprint density at radius 2 is 1.87 bits per heavy atom. The third-order valence-electron chi connectivity index (χ3n) is 5.22. The molecule has 1 N–H and O–H groups in total. The summed E-state index contributed by atoms with van der Waals surface area (Å²) in [7, 11) is 3.15. The number of nitrogens with zero attached hydrogens (tertiary/aromatic N) is 1. The summed E-state index contributed by atoms with van der Waals surface area (Å²) in [5.41, 5.74) is 5.02. The van der Waals surface area contributed by atoms with Gasteiger partial charge in [-0.3, -0.25) is 4.79 Å². The third kappa shape index (κ3) is 3.76. The van der Waals surface area contributed by atoms with Crippen LogP contribution in [0.3, 0.4) is 0 Å². The number of hydrogen-bond donors (Lipinski definition) is 1. The Bertz CT molecular complexity index is 1150. The molecule has 0 bridgehead atoms. The SMILES string of the molecule is CNC(=O)COC(=O)c1c2c(nc3ccccc13)/C(=C\c1ccc(OC)cc1)CC2. The van der Waals surface area contributed by atoms with Crippen molar-refractivity contribution in [1.29, 1.82) is 0 Å². The zero-order valence-corrected chi connectivity index (χ0v) is 16.9. The Kier molecular flexibility index (Phi) is 5.48. The fourth-order valence-electron chi connectivity index (χ4n) is 3.69. The minimum atomic E-state index is -0.501. The average Bonchev–Trinajstić information content (AvgIpc) is 3.18. The largest absolute Gasteiger partial charge is 0.497 e. The van der Waals surface area contributed by atoms with Gasteiger partial charge >= 0.3 is 5.97 Å². The van der Waals surface area contributed by atoms with Gasteiger partial charge in [0.25, 0.3) is 5.91 Å². The number of fused-ring (bicyclic) bond motifs is 2. The number of methoxy groups -OCH3 is 1. The van der Waals surface area contributed by atoms with Gasteiger partial charge in [0.15, 0.2) is 6.61 Å². The summed E-state index contributed by atoms with van der Waals surface area (Å²) in [5, 5.41) is 3.20. The number of esters is 1. The van der Waals surface area contributed by atoms with E-state index in [9.17, 15) is 9.59 Å². The number of aromatic nitrogens is 1. The minimum absolute atomic E-state index is 0.310. The summed E-state index contributed by atoms with van der Waals surface area (Å²) in [6.07, 6.45) is 3.56. The van der Waals surface area contributed by atoms with Gasteiger partial charge in [-0.1, -0.05) is 30.3 Å². The summed E-state index contributed by atoms with van der Waals surface area (Å²) in [6, 6.07) is 15.3. The second-order valence-electron chi connectivity index (χ2n) is 7.02. The number of rotatable bonds is 5. The Morgan fingerprint density at radius 3 is 2.60 bits per heavy atom. The molecule has 6 heteroatoms. The van der Waals surface area contributed by atoms with Crippen LogP contribution in [0.1, 0.15) is 33.6 Å². The number of likely N-dealkylation sites (N-methyl/N-ethyl adjacent to an activating group) is 1. The monoisotopic (exact) mass is 402 g/mol. The van der Waals surface area contributed by atoms with E-state index in [2.05, 4.69) is 11.4 Å². The molecule has 4 rings (SSSR count). The van der Waals surface area contributed by atoms with Gasteiger partial charge in [-0.05, 0) is 53.8 Å². The van der Waals surface area contributed by atoms with E-state index in [4.69, 9.17) is 14.5 Å². The fourth-order valence-corrected chi connectivity index (χ4v) is 3.69. The van der Waals surface area contributed by atoms with E-state index in [1.54, 1.807) is 7.11 Å². The standard InChI is InChI=1S/C24H22N2O4/c1-25-21(27)14-30-24(28)22-18-5-3-4-6-20(18)26-23-16(9-12-19(22)23)13-15-7-10-17(29-2)11-8-15/h3-8,10-11,13H,9,12,14H2,1-2H3,(H,25,27)/b16-13-. The van der Waals surface area contributed by atoms with Crippen molar-refractivity contribution < 1.29 is 19.1 Å². The number of benzene rings is 2. The van der Waals surface area contributed by atoms with Crippen LogP contribution in [-0.2, 0) is 16.0 Å². The molecule has 0 spiro atoms. The second-order valence-corrected chi connectivity index (χ2v) is 7.02. The van der Waals surface area contributed by atoms with Crippen LogP contribution in [0.25, 0.3) is 22.6 Å². The van der Waals surface area contributed by atoms with Gasteiger partial charge < -0.3 is 14.8 Å². The zero-order chi connectivity index (χ0) is 21.1. The van der Waals surface area contributed by atoms with Crippen molar-refractivity contribution in [2.24, 2.45) is 0 Å². The van der Waals surface area contributed by atoms with Crippen molar-refractivity contribution >= 4 is 34.4 Å². The highest BCUT2D eigenvalue weighted by atomic mass is 16.5. The van der Waals surface area contributed by atoms with Crippen molar-refractivity contribution in [3.63, 3.8) is 0 Å². The topological polar surface area (TPSA) is 77.5 Å². The number of ether oxygens (including phenoxy) is 2. The number of para-hydroxylation sites is 1. The molecule has 1 amide bonds. The highest BCUT2D eigenvalue weighted by molar-refractivity contribution is 6.07. The summed E-state index contributed by atoms with van der Waals surface area (Å²) < 4.78 is 10.5. The molecule has 2 aromatic carbocycles. The van der Waals surface area contributed by atoms with Crippen molar-refractivity contribution in [3.05, 3.63) is 70.9 Å². The van der Waals surface area contributed by atoms with Gasteiger partial charge in [-0.15, -0.1) is 0 Å². The maximum atomic E-state index is 12.9. The first-order valence-corrected chi connectivity index (χ1v) is 9.75. The van der Waals surface area contributed by atoms with Crippen LogP contribution < -0.4 is 10.1 Å². The number of carbonyl (C=O) groups is 2. The molecule has 152 valence electrons. The van der Waals surface area contributed by atoms with E-state index in [0.717, 1.165) is 45.5 Å². The zero-order valence-electron chi connectivity index (χ0n) is 16.9. The first-order chi connectivity index (χ1) is 14.6. The van der Waals surface area contributed by atoms with Gasteiger partial charge in [-0.2, -0.15) is 0 Å². The molecule has 1 aromatic heterocycles. The molecule has 3 aromatic rings. The average molecular weight is 402 g/mol. The number of pyridine rings is 1. The molecule has 1 aliphatic rings. The van der Waals surface area contributed by atoms with Crippen LogP contribution in [0.15, 0.2) is 48.5 Å². The number of amides is 1. The molecule has 0 aliphatic heterocycles.